The molecule has 1 aliphatic rings. The molecule has 1 aliphatic heterocycles. The van der Waals surface area contributed by atoms with Gasteiger partial charge in [0.1, 0.15) is 24.4 Å². The molecule has 1 amide bonds. The molecule has 0 aromatic carbocycles. The number of carbonyl (C=O) groups excluding carboxylic acids is 1. The van der Waals surface area contributed by atoms with Crippen LogP contribution in [-0.4, -0.2) is 67.7 Å². The highest BCUT2D eigenvalue weighted by Crippen LogP contribution is 2.42. The standard InChI is InChI=1S/C16H25N3O6S/c1-9-6-19(15(26)18-13(9)21)14-16(2,24-8-11(20)17-3)12(23-5)10(25-14)7-22-4/h6,10,12,14H,7-8H2,1-5H3,(H,17,20)(H,18,21,26)/t10-,12?,14-,16?/m1/s1. The molecule has 10 heteroatoms. The Morgan fingerprint density at radius 2 is 2.19 bits per heavy atom. The van der Waals surface area contributed by atoms with E-state index in [9.17, 15) is 9.59 Å². The Balaban J connectivity index is 2.49. The number of nitrogens with one attached hydrogen (secondary N) is 2. The Morgan fingerprint density at radius 1 is 1.50 bits per heavy atom. The van der Waals surface area contributed by atoms with Gasteiger partial charge in [-0.3, -0.25) is 19.1 Å². The first-order valence-electron chi connectivity index (χ1n) is 8.12. The van der Waals surface area contributed by atoms with Crippen LogP contribution in [0.15, 0.2) is 11.0 Å². The van der Waals surface area contributed by atoms with E-state index < -0.39 is 24.0 Å². The van der Waals surface area contributed by atoms with Gasteiger partial charge in [-0.15, -0.1) is 0 Å². The normalized spacial score (nSPS) is 28.3. The fourth-order valence-corrected chi connectivity index (χ4v) is 3.35. The first-order chi connectivity index (χ1) is 12.3. The Labute approximate surface area is 156 Å². The number of amides is 1. The Bertz CT molecular complexity index is 763. The Hall–Kier alpha value is -1.59. The second kappa shape index (κ2) is 8.40. The number of rotatable bonds is 7. The van der Waals surface area contributed by atoms with Crippen molar-refractivity contribution in [2.45, 2.75) is 37.9 Å². The Kier molecular flexibility index (Phi) is 6.69. The Morgan fingerprint density at radius 3 is 2.77 bits per heavy atom. The molecule has 0 saturated carbocycles. The smallest absolute Gasteiger partial charge is 0.254 e. The van der Waals surface area contributed by atoms with E-state index in [2.05, 4.69) is 10.3 Å². The van der Waals surface area contributed by atoms with E-state index >= 15 is 0 Å². The first kappa shape index (κ1) is 20.7. The number of ether oxygens (including phenoxy) is 4. The summed E-state index contributed by atoms with van der Waals surface area (Å²) in [5.74, 6) is -0.281. The van der Waals surface area contributed by atoms with E-state index in [4.69, 9.17) is 31.2 Å². The molecule has 2 unspecified atom stereocenters. The van der Waals surface area contributed by atoms with Crippen molar-refractivity contribution in [2.75, 3.05) is 34.5 Å². The largest absolute Gasteiger partial charge is 0.382 e. The number of carbonyl (C=O) groups is 1. The minimum Gasteiger partial charge on any atom is -0.382 e. The number of H-pyrrole nitrogens is 1. The third-order valence-electron chi connectivity index (χ3n) is 4.47. The zero-order valence-electron chi connectivity index (χ0n) is 15.5. The SMILES string of the molecule is CNC(=O)COC1(C)C(OC)[C@@H](COC)O[C@H]1n1cc(C)c(=O)[nH]c1=S. The van der Waals surface area contributed by atoms with Gasteiger partial charge in [0.15, 0.2) is 11.0 Å². The highest BCUT2D eigenvalue weighted by Gasteiger charge is 2.56. The lowest BCUT2D eigenvalue weighted by Gasteiger charge is -2.35. The zero-order chi connectivity index (χ0) is 19.5. The number of likely N-dealkylation sites (N-methyl/N-ethyl adjacent to an activating group) is 1. The molecule has 0 bridgehead atoms. The molecule has 1 saturated heterocycles. The number of hydrogen-bond acceptors (Lipinski definition) is 7. The van der Waals surface area contributed by atoms with Crippen LogP contribution in [0.1, 0.15) is 18.7 Å². The number of aromatic amines is 1. The molecule has 2 N–H and O–H groups in total. The molecule has 1 aromatic heterocycles. The second-order valence-electron chi connectivity index (χ2n) is 6.26. The molecule has 26 heavy (non-hydrogen) atoms. The van der Waals surface area contributed by atoms with Crippen LogP contribution in [0.4, 0.5) is 0 Å². The van der Waals surface area contributed by atoms with Crippen molar-refractivity contribution in [3.8, 4) is 0 Å². The average molecular weight is 387 g/mol. The van der Waals surface area contributed by atoms with Crippen LogP contribution in [-0.2, 0) is 23.7 Å². The second-order valence-corrected chi connectivity index (χ2v) is 6.65. The van der Waals surface area contributed by atoms with E-state index in [1.165, 1.54) is 14.2 Å². The van der Waals surface area contributed by atoms with Gasteiger partial charge >= 0.3 is 0 Å². The van der Waals surface area contributed by atoms with Crippen molar-refractivity contribution in [1.82, 2.24) is 14.9 Å². The van der Waals surface area contributed by atoms with Gasteiger partial charge in [-0.1, -0.05) is 0 Å². The van der Waals surface area contributed by atoms with Crippen LogP contribution >= 0.6 is 12.2 Å². The molecule has 146 valence electrons. The highest BCUT2D eigenvalue weighted by atomic mass is 32.1. The van der Waals surface area contributed by atoms with Crippen molar-refractivity contribution in [2.24, 2.45) is 0 Å². The molecule has 0 radical (unpaired) electrons. The minimum atomic E-state index is -1.05. The lowest BCUT2D eigenvalue weighted by Crippen LogP contribution is -2.49. The maximum Gasteiger partial charge on any atom is 0.254 e. The number of hydrogen-bond donors (Lipinski definition) is 2. The molecular weight excluding hydrogens is 362 g/mol. The molecule has 2 rings (SSSR count). The van der Waals surface area contributed by atoms with Gasteiger partial charge in [-0.05, 0) is 26.1 Å². The first-order valence-corrected chi connectivity index (χ1v) is 8.53. The summed E-state index contributed by atoms with van der Waals surface area (Å²) in [6, 6.07) is 0. The summed E-state index contributed by atoms with van der Waals surface area (Å²) in [6.45, 7) is 3.54. The van der Waals surface area contributed by atoms with Gasteiger partial charge in [0, 0.05) is 33.0 Å². The number of aryl methyl sites for hydroxylation is 1. The predicted octanol–water partition coefficient (Wildman–Crippen LogP) is 0.294. The van der Waals surface area contributed by atoms with Crippen LogP contribution in [0, 0.1) is 11.7 Å². The topological polar surface area (TPSA) is 104 Å². The van der Waals surface area contributed by atoms with E-state index in [1.54, 1.807) is 31.7 Å². The molecule has 1 aromatic rings. The third-order valence-corrected chi connectivity index (χ3v) is 4.79. The molecule has 2 heterocycles. The average Bonchev–Trinajstić information content (AvgIpc) is 2.88. The number of aromatic nitrogens is 2. The molecule has 9 nitrogen and oxygen atoms in total. The monoisotopic (exact) mass is 387 g/mol. The van der Waals surface area contributed by atoms with Gasteiger partial charge in [0.05, 0.1) is 6.61 Å². The van der Waals surface area contributed by atoms with E-state index in [-0.39, 0.29) is 29.5 Å². The number of methoxy groups -OCH3 is 2. The molecule has 4 atom stereocenters. The third kappa shape index (κ3) is 3.89. The van der Waals surface area contributed by atoms with E-state index in [0.717, 1.165) is 0 Å². The van der Waals surface area contributed by atoms with Crippen LogP contribution < -0.4 is 10.9 Å². The molecular formula is C16H25N3O6S. The maximum absolute atomic E-state index is 11.8. The minimum absolute atomic E-state index is 0.178. The van der Waals surface area contributed by atoms with Crippen molar-refractivity contribution in [3.63, 3.8) is 0 Å². The van der Waals surface area contributed by atoms with Gasteiger partial charge in [0.25, 0.3) is 5.56 Å². The lowest BCUT2D eigenvalue weighted by molar-refractivity contribution is -0.158. The quantitative estimate of drug-likeness (QED) is 0.648. The van der Waals surface area contributed by atoms with E-state index in [1.807, 2.05) is 0 Å². The molecule has 0 aliphatic carbocycles. The fourth-order valence-electron chi connectivity index (χ4n) is 3.11. The number of nitrogens with zero attached hydrogens (tertiary/aromatic N) is 1. The predicted molar refractivity (Wildman–Crippen MR) is 95.6 cm³/mol. The summed E-state index contributed by atoms with van der Waals surface area (Å²) in [5, 5.41) is 2.51. The van der Waals surface area contributed by atoms with Crippen molar-refractivity contribution < 1.29 is 23.7 Å². The van der Waals surface area contributed by atoms with Crippen LogP contribution in [0.2, 0.25) is 0 Å². The van der Waals surface area contributed by atoms with Crippen LogP contribution in [0.5, 0.6) is 0 Å². The summed E-state index contributed by atoms with van der Waals surface area (Å²) < 4.78 is 24.7. The van der Waals surface area contributed by atoms with Gasteiger partial charge in [-0.2, -0.15) is 0 Å². The summed E-state index contributed by atoms with van der Waals surface area (Å²) >= 11 is 5.30. The maximum atomic E-state index is 11.8. The van der Waals surface area contributed by atoms with Gasteiger partial charge < -0.3 is 24.3 Å². The summed E-state index contributed by atoms with van der Waals surface area (Å²) in [4.78, 5) is 26.1. The summed E-state index contributed by atoms with van der Waals surface area (Å²) in [5.41, 5.74) is -0.845. The van der Waals surface area contributed by atoms with Crippen LogP contribution in [0.25, 0.3) is 0 Å². The van der Waals surface area contributed by atoms with Crippen molar-refractivity contribution >= 4 is 18.1 Å². The van der Waals surface area contributed by atoms with Gasteiger partial charge in [0.2, 0.25) is 5.91 Å². The molecule has 0 spiro atoms. The zero-order valence-corrected chi connectivity index (χ0v) is 16.3. The summed E-state index contributed by atoms with van der Waals surface area (Å²) in [7, 11) is 4.62. The molecule has 1 fully saturated rings. The van der Waals surface area contributed by atoms with Crippen molar-refractivity contribution in [1.29, 1.82) is 0 Å². The lowest BCUT2D eigenvalue weighted by atomic mass is 9.95. The summed E-state index contributed by atoms with van der Waals surface area (Å²) in [6.07, 6.45) is -0.0831. The van der Waals surface area contributed by atoms with E-state index in [0.29, 0.717) is 5.56 Å². The van der Waals surface area contributed by atoms with Crippen molar-refractivity contribution in [3.05, 3.63) is 26.9 Å². The fraction of sp³-hybridized carbons (Fsp3) is 0.688. The van der Waals surface area contributed by atoms with Gasteiger partial charge in [-0.25, -0.2) is 0 Å². The highest BCUT2D eigenvalue weighted by molar-refractivity contribution is 7.71. The van der Waals surface area contributed by atoms with Crippen LogP contribution in [0.3, 0.4) is 0 Å².